The van der Waals surface area contributed by atoms with Gasteiger partial charge in [-0.2, -0.15) is 0 Å². The Bertz CT molecular complexity index is 300. The number of aliphatic carboxylic acids is 1. The minimum absolute atomic E-state index is 0.281. The Labute approximate surface area is 82.0 Å². The highest BCUT2D eigenvalue weighted by atomic mass is 16.4. The predicted octanol–water partition coefficient (Wildman–Crippen LogP) is 0.686. The van der Waals surface area contributed by atoms with Crippen LogP contribution in [0, 0.1) is 5.92 Å². The third kappa shape index (κ3) is 1.95. The lowest BCUT2D eigenvalue weighted by Gasteiger charge is -2.09. The Kier molecular flexibility index (Phi) is 2.06. The van der Waals surface area contributed by atoms with E-state index in [1.807, 2.05) is 6.08 Å². The van der Waals surface area contributed by atoms with Crippen LogP contribution in [-0.4, -0.2) is 22.5 Å². The molecule has 76 valence electrons. The molecule has 0 radical (unpaired) electrons. The van der Waals surface area contributed by atoms with Gasteiger partial charge in [-0.25, -0.2) is 4.79 Å². The van der Waals surface area contributed by atoms with Gasteiger partial charge in [-0.15, -0.1) is 0 Å². The first kappa shape index (κ1) is 9.24. The molecule has 2 saturated carbocycles. The number of carbonyl (C=O) groups excluding carboxylic acids is 1. The Hall–Kier alpha value is -1.32. The fraction of sp³-hybridized carbons (Fsp3) is 0.600. The molecular weight excluding hydrogens is 182 g/mol. The van der Waals surface area contributed by atoms with Gasteiger partial charge in [-0.1, -0.05) is 6.08 Å². The van der Waals surface area contributed by atoms with Crippen LogP contribution in [0.5, 0.6) is 0 Å². The Balaban J connectivity index is 1.84. The predicted molar refractivity (Wildman–Crippen MR) is 49.6 cm³/mol. The summed E-state index contributed by atoms with van der Waals surface area (Å²) in [5.74, 6) is -0.664. The average Bonchev–Trinajstić information content (AvgIpc) is 2.97. The maximum atomic E-state index is 11.3. The van der Waals surface area contributed by atoms with Crippen LogP contribution in [-0.2, 0) is 9.59 Å². The second-order valence-electron chi connectivity index (χ2n) is 4.07. The monoisotopic (exact) mass is 195 g/mol. The highest BCUT2D eigenvalue weighted by Gasteiger charge is 2.51. The van der Waals surface area contributed by atoms with Gasteiger partial charge < -0.3 is 10.4 Å². The van der Waals surface area contributed by atoms with Crippen LogP contribution in [0.4, 0.5) is 0 Å². The molecule has 0 heterocycles. The van der Waals surface area contributed by atoms with Crippen molar-refractivity contribution in [2.45, 2.75) is 31.2 Å². The van der Waals surface area contributed by atoms with Crippen molar-refractivity contribution in [1.82, 2.24) is 5.32 Å². The summed E-state index contributed by atoms with van der Waals surface area (Å²) in [6.45, 7) is 0. The third-order valence-electron chi connectivity index (χ3n) is 2.66. The van der Waals surface area contributed by atoms with Gasteiger partial charge in [-0.05, 0) is 37.7 Å². The quantitative estimate of drug-likeness (QED) is 0.648. The number of allylic oxidation sites excluding steroid dienone is 1. The van der Waals surface area contributed by atoms with Crippen LogP contribution in [0.1, 0.15) is 25.7 Å². The number of carboxylic acid groups (broad SMARTS) is 1. The Morgan fingerprint density at radius 3 is 2.43 bits per heavy atom. The SMILES string of the molecule is O=C(/C=C/C1CC1)NC1(C(=O)O)CC1. The third-order valence-corrected chi connectivity index (χ3v) is 2.66. The molecule has 0 unspecified atom stereocenters. The molecule has 2 fully saturated rings. The van der Waals surface area contributed by atoms with E-state index in [2.05, 4.69) is 5.32 Å². The number of amides is 1. The number of hydrogen-bond donors (Lipinski definition) is 2. The van der Waals surface area contributed by atoms with E-state index in [4.69, 9.17) is 5.11 Å². The number of carbonyl (C=O) groups is 2. The molecule has 0 spiro atoms. The largest absolute Gasteiger partial charge is 0.480 e. The minimum Gasteiger partial charge on any atom is -0.480 e. The second kappa shape index (κ2) is 3.12. The van der Waals surface area contributed by atoms with E-state index < -0.39 is 11.5 Å². The Morgan fingerprint density at radius 1 is 1.36 bits per heavy atom. The zero-order chi connectivity index (χ0) is 10.2. The summed E-state index contributed by atoms with van der Waals surface area (Å²) in [6.07, 6.45) is 6.70. The molecule has 2 N–H and O–H groups in total. The molecule has 2 aliphatic carbocycles. The normalized spacial score (nSPS) is 23.4. The van der Waals surface area contributed by atoms with Crippen LogP contribution < -0.4 is 5.32 Å². The summed E-state index contributed by atoms with van der Waals surface area (Å²) in [6, 6.07) is 0. The topological polar surface area (TPSA) is 66.4 Å². The van der Waals surface area contributed by atoms with Crippen molar-refractivity contribution < 1.29 is 14.7 Å². The molecule has 0 aromatic heterocycles. The maximum Gasteiger partial charge on any atom is 0.329 e. The second-order valence-corrected chi connectivity index (χ2v) is 4.07. The van der Waals surface area contributed by atoms with Crippen molar-refractivity contribution in [3.8, 4) is 0 Å². The molecular formula is C10H13NO3. The fourth-order valence-corrected chi connectivity index (χ4v) is 1.31. The summed E-state index contributed by atoms with van der Waals surface area (Å²) in [4.78, 5) is 22.0. The molecule has 4 nitrogen and oxygen atoms in total. The summed E-state index contributed by atoms with van der Waals surface area (Å²) in [5.41, 5.74) is -0.953. The highest BCUT2D eigenvalue weighted by molar-refractivity contribution is 5.94. The van der Waals surface area contributed by atoms with E-state index in [0.29, 0.717) is 18.8 Å². The van der Waals surface area contributed by atoms with Crippen molar-refractivity contribution in [2.75, 3.05) is 0 Å². The summed E-state index contributed by atoms with van der Waals surface area (Å²) in [7, 11) is 0. The van der Waals surface area contributed by atoms with E-state index in [1.165, 1.54) is 6.08 Å². The molecule has 0 aromatic carbocycles. The molecule has 0 bridgehead atoms. The van der Waals surface area contributed by atoms with Gasteiger partial charge in [-0.3, -0.25) is 4.79 Å². The molecule has 0 aromatic rings. The van der Waals surface area contributed by atoms with Gasteiger partial charge in [0.1, 0.15) is 5.54 Å². The lowest BCUT2D eigenvalue weighted by molar-refractivity contribution is -0.142. The smallest absolute Gasteiger partial charge is 0.329 e. The lowest BCUT2D eigenvalue weighted by atomic mass is 10.2. The van der Waals surface area contributed by atoms with Crippen LogP contribution in [0.25, 0.3) is 0 Å². The van der Waals surface area contributed by atoms with Gasteiger partial charge in [0, 0.05) is 0 Å². The van der Waals surface area contributed by atoms with Crippen molar-refractivity contribution in [1.29, 1.82) is 0 Å². The standard InChI is InChI=1S/C10H13NO3/c12-8(4-3-7-1-2-7)11-10(5-6-10)9(13)14/h3-4,7H,1-2,5-6H2,(H,11,12)(H,13,14)/b4-3+. The van der Waals surface area contributed by atoms with Gasteiger partial charge in [0.2, 0.25) is 5.91 Å². The summed E-state index contributed by atoms with van der Waals surface area (Å²) in [5, 5.41) is 11.3. The van der Waals surface area contributed by atoms with Crippen molar-refractivity contribution in [2.24, 2.45) is 5.92 Å². The molecule has 0 atom stereocenters. The molecule has 0 saturated heterocycles. The number of nitrogens with one attached hydrogen (secondary N) is 1. The average molecular weight is 195 g/mol. The van der Waals surface area contributed by atoms with Gasteiger partial charge in [0.15, 0.2) is 0 Å². The highest BCUT2D eigenvalue weighted by Crippen LogP contribution is 2.35. The number of carboxylic acids is 1. The van der Waals surface area contributed by atoms with Crippen molar-refractivity contribution in [3.05, 3.63) is 12.2 Å². The molecule has 1 amide bonds. The fourth-order valence-electron chi connectivity index (χ4n) is 1.31. The summed E-state index contributed by atoms with van der Waals surface area (Å²) >= 11 is 0. The zero-order valence-electron chi connectivity index (χ0n) is 7.82. The molecule has 2 aliphatic rings. The van der Waals surface area contributed by atoms with Gasteiger partial charge >= 0.3 is 5.97 Å². The van der Waals surface area contributed by atoms with Crippen LogP contribution in [0.2, 0.25) is 0 Å². The van der Waals surface area contributed by atoms with E-state index in [-0.39, 0.29) is 5.91 Å². The lowest BCUT2D eigenvalue weighted by Crippen LogP contribution is -2.42. The van der Waals surface area contributed by atoms with E-state index in [0.717, 1.165) is 12.8 Å². The van der Waals surface area contributed by atoms with Gasteiger partial charge in [0.05, 0.1) is 0 Å². The maximum absolute atomic E-state index is 11.3. The van der Waals surface area contributed by atoms with Crippen molar-refractivity contribution >= 4 is 11.9 Å². The Morgan fingerprint density at radius 2 is 2.00 bits per heavy atom. The van der Waals surface area contributed by atoms with Crippen LogP contribution >= 0.6 is 0 Å². The number of rotatable bonds is 4. The molecule has 2 rings (SSSR count). The minimum atomic E-state index is -0.953. The van der Waals surface area contributed by atoms with Crippen molar-refractivity contribution in [3.63, 3.8) is 0 Å². The van der Waals surface area contributed by atoms with E-state index in [9.17, 15) is 9.59 Å². The zero-order valence-corrected chi connectivity index (χ0v) is 7.82. The van der Waals surface area contributed by atoms with E-state index in [1.54, 1.807) is 0 Å². The summed E-state index contributed by atoms with van der Waals surface area (Å²) < 4.78 is 0. The first-order valence-electron chi connectivity index (χ1n) is 4.86. The number of hydrogen-bond acceptors (Lipinski definition) is 2. The molecule has 0 aliphatic heterocycles. The van der Waals surface area contributed by atoms with Crippen LogP contribution in [0.15, 0.2) is 12.2 Å². The molecule has 14 heavy (non-hydrogen) atoms. The van der Waals surface area contributed by atoms with Crippen LogP contribution in [0.3, 0.4) is 0 Å². The first-order chi connectivity index (χ1) is 6.62. The first-order valence-corrected chi connectivity index (χ1v) is 4.86. The van der Waals surface area contributed by atoms with E-state index >= 15 is 0 Å². The van der Waals surface area contributed by atoms with Gasteiger partial charge in [0.25, 0.3) is 0 Å². The molecule has 4 heteroatoms.